The summed E-state index contributed by atoms with van der Waals surface area (Å²) in [5.74, 6) is -2.83. The van der Waals surface area contributed by atoms with Crippen LogP contribution >= 0.6 is 35.0 Å². The molecule has 0 N–H and O–H groups in total. The van der Waals surface area contributed by atoms with Crippen molar-refractivity contribution in [1.29, 1.82) is 0 Å². The van der Waals surface area contributed by atoms with Crippen molar-refractivity contribution in [3.05, 3.63) is 57.7 Å². The quantitative estimate of drug-likeness (QED) is 0.310. The van der Waals surface area contributed by atoms with Gasteiger partial charge in [-0.1, -0.05) is 54.9 Å². The smallest absolute Gasteiger partial charge is 0.341 e. The molecule has 0 bridgehead atoms. The van der Waals surface area contributed by atoms with Crippen LogP contribution in [0.5, 0.6) is 0 Å². The van der Waals surface area contributed by atoms with E-state index < -0.39 is 23.6 Å². The normalized spacial score (nSPS) is 11.3. The van der Waals surface area contributed by atoms with E-state index in [1.54, 1.807) is 6.92 Å². The Morgan fingerprint density at radius 2 is 1.82 bits per heavy atom. The summed E-state index contributed by atoms with van der Waals surface area (Å²) < 4.78 is 41.4. The van der Waals surface area contributed by atoms with E-state index in [1.807, 2.05) is 13.8 Å². The van der Waals surface area contributed by atoms with Crippen LogP contribution in [0.1, 0.15) is 31.1 Å². The number of carbonyl (C=O) groups excluding carboxylic acids is 2. The van der Waals surface area contributed by atoms with Gasteiger partial charge < -0.3 is 14.0 Å². The molecule has 0 radical (unpaired) electrons. The number of halogens is 4. The van der Waals surface area contributed by atoms with Gasteiger partial charge in [0.25, 0.3) is 0 Å². The maximum Gasteiger partial charge on any atom is 0.341 e. The van der Waals surface area contributed by atoms with E-state index in [9.17, 15) is 14.0 Å². The average Bonchev–Trinajstić information content (AvgIpc) is 3.02. The summed E-state index contributed by atoms with van der Waals surface area (Å²) in [5.41, 5.74) is -0.230. The number of benzene rings is 2. The van der Waals surface area contributed by atoms with Crippen LogP contribution < -0.4 is 0 Å². The highest BCUT2D eigenvalue weighted by Gasteiger charge is 2.25. The molecular formula is C23H21Cl2F2NO4S. The molecule has 3 rings (SSSR count). The molecule has 0 amide bonds. The standard InChI is InChI=1S/C23H21Cl2F2NO4S/c1-4-31-23(30)13-6-5-7-16(18(13)26)33-21-14-8-9-15(24)19(27)20(14)28(22(21)25)10-17(29)32-11-12(2)3/h5-9,12H,4,10-11H2,1-3H3. The highest BCUT2D eigenvalue weighted by molar-refractivity contribution is 7.99. The zero-order valence-electron chi connectivity index (χ0n) is 18.1. The molecule has 33 heavy (non-hydrogen) atoms. The number of hydrogen-bond donors (Lipinski definition) is 0. The first-order chi connectivity index (χ1) is 15.6. The Morgan fingerprint density at radius 3 is 2.48 bits per heavy atom. The number of hydrogen-bond acceptors (Lipinski definition) is 5. The van der Waals surface area contributed by atoms with E-state index in [2.05, 4.69) is 0 Å². The van der Waals surface area contributed by atoms with Gasteiger partial charge in [-0.2, -0.15) is 0 Å². The lowest BCUT2D eigenvalue weighted by atomic mass is 10.2. The Kier molecular flexibility index (Phi) is 8.26. The highest BCUT2D eigenvalue weighted by atomic mass is 35.5. The number of rotatable bonds is 8. The molecule has 0 fully saturated rings. The second-order valence-corrected chi connectivity index (χ2v) is 9.30. The van der Waals surface area contributed by atoms with Crippen molar-refractivity contribution in [1.82, 2.24) is 4.57 Å². The number of nitrogens with zero attached hydrogens (tertiary/aromatic N) is 1. The van der Waals surface area contributed by atoms with Crippen LogP contribution in [0.15, 0.2) is 40.1 Å². The molecule has 0 unspecified atom stereocenters. The Labute approximate surface area is 203 Å². The van der Waals surface area contributed by atoms with Gasteiger partial charge in [0.2, 0.25) is 0 Å². The molecule has 2 aromatic carbocycles. The molecule has 0 aliphatic carbocycles. The lowest BCUT2D eigenvalue weighted by Gasteiger charge is -2.10. The zero-order chi connectivity index (χ0) is 24.3. The maximum absolute atomic E-state index is 15.1. The second kappa shape index (κ2) is 10.8. The predicted molar refractivity (Wildman–Crippen MR) is 124 cm³/mol. The minimum atomic E-state index is -0.795. The number of aromatic nitrogens is 1. The molecule has 0 aliphatic heterocycles. The molecule has 0 atom stereocenters. The molecule has 0 aliphatic rings. The first-order valence-corrected chi connectivity index (χ1v) is 11.7. The largest absolute Gasteiger partial charge is 0.464 e. The highest BCUT2D eigenvalue weighted by Crippen LogP contribution is 2.44. The van der Waals surface area contributed by atoms with Crippen molar-refractivity contribution in [3.63, 3.8) is 0 Å². The summed E-state index contributed by atoms with van der Waals surface area (Å²) in [6.45, 7) is 5.34. The fraction of sp³-hybridized carbons (Fsp3) is 0.304. The Morgan fingerprint density at radius 1 is 1.09 bits per heavy atom. The van der Waals surface area contributed by atoms with Crippen molar-refractivity contribution < 1.29 is 27.8 Å². The molecule has 10 heteroatoms. The van der Waals surface area contributed by atoms with E-state index in [1.165, 1.54) is 34.9 Å². The third-order valence-electron chi connectivity index (χ3n) is 4.54. The summed E-state index contributed by atoms with van der Waals surface area (Å²) in [7, 11) is 0. The van der Waals surface area contributed by atoms with Crippen molar-refractivity contribution in [2.45, 2.75) is 37.1 Å². The molecule has 3 aromatic rings. The van der Waals surface area contributed by atoms with E-state index in [0.717, 1.165) is 11.8 Å². The van der Waals surface area contributed by atoms with Crippen LogP contribution in [0, 0.1) is 17.6 Å². The minimum absolute atomic E-state index is 0.00143. The van der Waals surface area contributed by atoms with Gasteiger partial charge in [-0.25, -0.2) is 13.6 Å². The van der Waals surface area contributed by atoms with Gasteiger partial charge >= 0.3 is 11.9 Å². The number of ether oxygens (including phenoxy) is 2. The third kappa shape index (κ3) is 5.45. The fourth-order valence-corrected chi connectivity index (χ4v) is 4.61. The average molecular weight is 516 g/mol. The lowest BCUT2D eigenvalue weighted by molar-refractivity contribution is -0.145. The van der Waals surface area contributed by atoms with Crippen LogP contribution in [-0.2, 0) is 20.8 Å². The van der Waals surface area contributed by atoms with Crippen molar-refractivity contribution in [3.8, 4) is 0 Å². The van der Waals surface area contributed by atoms with Gasteiger partial charge in [-0.15, -0.1) is 0 Å². The number of fused-ring (bicyclic) bond motifs is 1. The molecule has 1 heterocycles. The summed E-state index contributed by atoms with van der Waals surface area (Å²) in [5, 5.41) is 0.198. The zero-order valence-corrected chi connectivity index (χ0v) is 20.4. The van der Waals surface area contributed by atoms with Crippen LogP contribution in [-0.4, -0.2) is 29.7 Å². The topological polar surface area (TPSA) is 57.5 Å². The van der Waals surface area contributed by atoms with Gasteiger partial charge in [0, 0.05) is 10.3 Å². The summed E-state index contributed by atoms with van der Waals surface area (Å²) in [6, 6.07) is 7.17. The predicted octanol–water partition coefficient (Wildman–Crippen LogP) is 6.75. The molecule has 0 saturated carbocycles. The molecule has 1 aromatic heterocycles. The van der Waals surface area contributed by atoms with Gasteiger partial charge in [-0.3, -0.25) is 4.79 Å². The number of esters is 2. The van der Waals surface area contributed by atoms with Crippen LogP contribution in [0.4, 0.5) is 8.78 Å². The molecule has 0 spiro atoms. The molecule has 5 nitrogen and oxygen atoms in total. The van der Waals surface area contributed by atoms with Crippen molar-refractivity contribution in [2.75, 3.05) is 13.2 Å². The van der Waals surface area contributed by atoms with Gasteiger partial charge in [0.1, 0.15) is 11.7 Å². The van der Waals surface area contributed by atoms with E-state index in [-0.39, 0.29) is 51.8 Å². The Balaban J connectivity index is 2.07. The minimum Gasteiger partial charge on any atom is -0.464 e. The van der Waals surface area contributed by atoms with E-state index >= 15 is 4.39 Å². The Hall–Kier alpha value is -2.29. The van der Waals surface area contributed by atoms with Gasteiger partial charge in [-0.05, 0) is 37.1 Å². The molecule has 176 valence electrons. The van der Waals surface area contributed by atoms with E-state index in [0.29, 0.717) is 10.3 Å². The summed E-state index contributed by atoms with van der Waals surface area (Å²) in [4.78, 5) is 24.8. The molecular weight excluding hydrogens is 495 g/mol. The van der Waals surface area contributed by atoms with E-state index in [4.69, 9.17) is 32.7 Å². The molecule has 0 saturated heterocycles. The van der Waals surface area contributed by atoms with Crippen LogP contribution in [0.25, 0.3) is 10.9 Å². The first-order valence-electron chi connectivity index (χ1n) is 10.1. The SMILES string of the molecule is CCOC(=O)c1cccc(Sc2c(Cl)n(CC(=O)OCC(C)C)c3c(F)c(Cl)ccc23)c1F. The van der Waals surface area contributed by atoms with Crippen molar-refractivity contribution >= 4 is 57.8 Å². The summed E-state index contributed by atoms with van der Waals surface area (Å²) in [6.07, 6.45) is 0. The monoisotopic (exact) mass is 515 g/mol. The number of carbonyl (C=O) groups is 2. The van der Waals surface area contributed by atoms with Gasteiger partial charge in [0.05, 0.1) is 34.2 Å². The summed E-state index contributed by atoms with van der Waals surface area (Å²) >= 11 is 13.4. The lowest BCUT2D eigenvalue weighted by Crippen LogP contribution is -2.16. The van der Waals surface area contributed by atoms with Gasteiger partial charge in [0.15, 0.2) is 11.6 Å². The first kappa shape index (κ1) is 25.3. The fourth-order valence-electron chi connectivity index (χ4n) is 3.06. The van der Waals surface area contributed by atoms with Crippen molar-refractivity contribution in [2.24, 2.45) is 5.92 Å². The third-order valence-corrected chi connectivity index (χ3v) is 6.49. The Bertz CT molecular complexity index is 1210. The van der Waals surface area contributed by atoms with Crippen LogP contribution in [0.2, 0.25) is 10.2 Å². The second-order valence-electron chi connectivity index (χ2n) is 7.48. The maximum atomic E-state index is 15.1. The van der Waals surface area contributed by atoms with Crippen LogP contribution in [0.3, 0.4) is 0 Å².